The Hall–Kier alpha value is -1.26. The van der Waals surface area contributed by atoms with E-state index in [1.54, 1.807) is 12.1 Å². The van der Waals surface area contributed by atoms with Crippen molar-refractivity contribution < 1.29 is 15.3 Å². The Morgan fingerprint density at radius 1 is 0.633 bits per heavy atom. The third kappa shape index (κ3) is 13.1. The number of aliphatic hydroxyl groups is 2. The number of nitrogens with zero attached hydrogens (tertiary/aromatic N) is 1. The van der Waals surface area contributed by atoms with Crippen LogP contribution in [0.5, 0.6) is 5.75 Å². The SMILES string of the molecule is CCCCCCCCC(O)CN(CC(O)CCCCCCCC)c1ccc(O)cc1. The van der Waals surface area contributed by atoms with Crippen LogP contribution in [-0.4, -0.2) is 40.6 Å². The zero-order valence-corrected chi connectivity index (χ0v) is 19.6. The molecule has 0 heterocycles. The molecule has 0 aliphatic rings. The molecule has 174 valence electrons. The number of rotatable bonds is 19. The molecular weight excluding hydrogens is 374 g/mol. The Balaban J connectivity index is 2.45. The molecule has 0 aliphatic heterocycles. The summed E-state index contributed by atoms with van der Waals surface area (Å²) in [7, 11) is 0. The van der Waals surface area contributed by atoms with Crippen molar-refractivity contribution >= 4 is 5.69 Å². The van der Waals surface area contributed by atoms with Crippen molar-refractivity contribution in [3.05, 3.63) is 24.3 Å². The Bertz CT molecular complexity index is 482. The van der Waals surface area contributed by atoms with Crippen LogP contribution in [-0.2, 0) is 0 Å². The molecule has 2 atom stereocenters. The number of hydrogen-bond acceptors (Lipinski definition) is 4. The maximum atomic E-state index is 10.6. The summed E-state index contributed by atoms with van der Waals surface area (Å²) in [5.74, 6) is 0.235. The number of phenols is 1. The van der Waals surface area contributed by atoms with E-state index >= 15 is 0 Å². The number of aromatic hydroxyl groups is 1. The van der Waals surface area contributed by atoms with Gasteiger partial charge in [-0.1, -0.05) is 90.9 Å². The fourth-order valence-electron chi connectivity index (χ4n) is 3.96. The quantitative estimate of drug-likeness (QED) is 0.225. The van der Waals surface area contributed by atoms with E-state index in [1.807, 2.05) is 12.1 Å². The Morgan fingerprint density at radius 2 is 1.03 bits per heavy atom. The first-order valence-corrected chi connectivity index (χ1v) is 12.5. The van der Waals surface area contributed by atoms with Gasteiger partial charge < -0.3 is 20.2 Å². The lowest BCUT2D eigenvalue weighted by atomic mass is 10.1. The molecule has 0 amide bonds. The van der Waals surface area contributed by atoms with E-state index in [-0.39, 0.29) is 5.75 Å². The second-order valence-electron chi connectivity index (χ2n) is 8.84. The predicted molar refractivity (Wildman–Crippen MR) is 128 cm³/mol. The van der Waals surface area contributed by atoms with Gasteiger partial charge in [0.05, 0.1) is 12.2 Å². The monoisotopic (exact) mass is 421 g/mol. The molecule has 0 aromatic heterocycles. The molecule has 2 unspecified atom stereocenters. The first-order chi connectivity index (χ1) is 14.6. The zero-order chi connectivity index (χ0) is 22.0. The standard InChI is InChI=1S/C26H47NO3/c1-3-5-7-9-11-13-15-25(29)21-27(23-17-19-24(28)20-18-23)22-26(30)16-14-12-10-8-6-4-2/h17-20,25-26,28-30H,3-16,21-22H2,1-2H3. The minimum Gasteiger partial charge on any atom is -0.508 e. The molecule has 0 radical (unpaired) electrons. The molecule has 30 heavy (non-hydrogen) atoms. The summed E-state index contributed by atoms with van der Waals surface area (Å²) in [5.41, 5.74) is 0.941. The average Bonchev–Trinajstić information content (AvgIpc) is 2.73. The van der Waals surface area contributed by atoms with Crippen LogP contribution >= 0.6 is 0 Å². The fourth-order valence-corrected chi connectivity index (χ4v) is 3.96. The lowest BCUT2D eigenvalue weighted by Crippen LogP contribution is -2.38. The molecule has 0 aliphatic carbocycles. The smallest absolute Gasteiger partial charge is 0.115 e. The topological polar surface area (TPSA) is 63.9 Å². The summed E-state index contributed by atoms with van der Waals surface area (Å²) in [6.45, 7) is 5.49. The van der Waals surface area contributed by atoms with Crippen LogP contribution in [0.4, 0.5) is 5.69 Å². The van der Waals surface area contributed by atoms with Crippen LogP contribution in [0.3, 0.4) is 0 Å². The fraction of sp³-hybridized carbons (Fsp3) is 0.769. The second kappa shape index (κ2) is 17.4. The van der Waals surface area contributed by atoms with Crippen molar-refractivity contribution in [3.8, 4) is 5.75 Å². The number of phenolic OH excluding ortho intramolecular Hbond substituents is 1. The molecule has 1 aromatic carbocycles. The average molecular weight is 422 g/mol. The highest BCUT2D eigenvalue weighted by Crippen LogP contribution is 2.21. The number of anilines is 1. The minimum absolute atomic E-state index is 0.235. The van der Waals surface area contributed by atoms with E-state index in [1.165, 1.54) is 64.2 Å². The maximum Gasteiger partial charge on any atom is 0.115 e. The molecule has 0 saturated heterocycles. The van der Waals surface area contributed by atoms with Crippen molar-refractivity contribution in [2.45, 2.75) is 116 Å². The first-order valence-electron chi connectivity index (χ1n) is 12.5. The van der Waals surface area contributed by atoms with E-state index in [9.17, 15) is 15.3 Å². The molecular formula is C26H47NO3. The van der Waals surface area contributed by atoms with Crippen molar-refractivity contribution in [1.82, 2.24) is 0 Å². The number of unbranched alkanes of at least 4 members (excludes halogenated alkanes) is 10. The highest BCUT2D eigenvalue weighted by atomic mass is 16.3. The van der Waals surface area contributed by atoms with Crippen LogP contribution in [0.15, 0.2) is 24.3 Å². The van der Waals surface area contributed by atoms with Gasteiger partial charge in [-0.25, -0.2) is 0 Å². The van der Waals surface area contributed by atoms with Crippen LogP contribution in [0.25, 0.3) is 0 Å². The summed E-state index contributed by atoms with van der Waals surface area (Å²) < 4.78 is 0. The summed E-state index contributed by atoms with van der Waals surface area (Å²) in [6.07, 6.45) is 15.4. The van der Waals surface area contributed by atoms with Gasteiger partial charge in [0, 0.05) is 18.8 Å². The van der Waals surface area contributed by atoms with E-state index in [4.69, 9.17) is 0 Å². The van der Waals surface area contributed by atoms with E-state index < -0.39 is 12.2 Å². The van der Waals surface area contributed by atoms with Crippen molar-refractivity contribution in [3.63, 3.8) is 0 Å². The van der Waals surface area contributed by atoms with Gasteiger partial charge >= 0.3 is 0 Å². The van der Waals surface area contributed by atoms with Crippen LogP contribution < -0.4 is 4.90 Å². The van der Waals surface area contributed by atoms with Gasteiger partial charge in [-0.05, 0) is 37.1 Å². The summed E-state index contributed by atoms with van der Waals surface area (Å²) >= 11 is 0. The zero-order valence-electron chi connectivity index (χ0n) is 19.6. The third-order valence-corrected chi connectivity index (χ3v) is 5.86. The predicted octanol–water partition coefficient (Wildman–Crippen LogP) is 6.42. The highest BCUT2D eigenvalue weighted by Gasteiger charge is 2.16. The van der Waals surface area contributed by atoms with Gasteiger partial charge in [-0.2, -0.15) is 0 Å². The van der Waals surface area contributed by atoms with E-state index in [0.29, 0.717) is 13.1 Å². The lowest BCUT2D eigenvalue weighted by Gasteiger charge is -2.29. The van der Waals surface area contributed by atoms with Gasteiger partial charge in [0.1, 0.15) is 5.75 Å². The van der Waals surface area contributed by atoms with E-state index in [0.717, 1.165) is 31.4 Å². The Morgan fingerprint density at radius 3 is 1.47 bits per heavy atom. The Labute approximate surface area is 185 Å². The molecule has 0 fully saturated rings. The molecule has 0 spiro atoms. The van der Waals surface area contributed by atoms with Gasteiger partial charge in [0.15, 0.2) is 0 Å². The molecule has 0 saturated carbocycles. The van der Waals surface area contributed by atoms with Gasteiger partial charge in [-0.3, -0.25) is 0 Å². The van der Waals surface area contributed by atoms with Gasteiger partial charge in [0.2, 0.25) is 0 Å². The normalized spacial score (nSPS) is 13.3. The molecule has 4 nitrogen and oxygen atoms in total. The number of aliphatic hydroxyl groups excluding tert-OH is 2. The Kier molecular flexibility index (Phi) is 15.6. The molecule has 4 heteroatoms. The largest absolute Gasteiger partial charge is 0.508 e. The molecule has 1 rings (SSSR count). The summed E-state index contributed by atoms with van der Waals surface area (Å²) in [5, 5.41) is 30.7. The van der Waals surface area contributed by atoms with Crippen LogP contribution in [0.2, 0.25) is 0 Å². The van der Waals surface area contributed by atoms with Crippen molar-refractivity contribution in [1.29, 1.82) is 0 Å². The van der Waals surface area contributed by atoms with Crippen molar-refractivity contribution in [2.75, 3.05) is 18.0 Å². The number of benzene rings is 1. The molecule has 1 aromatic rings. The van der Waals surface area contributed by atoms with Crippen LogP contribution in [0, 0.1) is 0 Å². The third-order valence-electron chi connectivity index (χ3n) is 5.86. The van der Waals surface area contributed by atoms with Crippen LogP contribution in [0.1, 0.15) is 104 Å². The van der Waals surface area contributed by atoms with Gasteiger partial charge in [-0.15, -0.1) is 0 Å². The minimum atomic E-state index is -0.397. The summed E-state index contributed by atoms with van der Waals surface area (Å²) in [4.78, 5) is 2.07. The first kappa shape index (κ1) is 26.8. The van der Waals surface area contributed by atoms with Gasteiger partial charge in [0.25, 0.3) is 0 Å². The maximum absolute atomic E-state index is 10.6. The van der Waals surface area contributed by atoms with E-state index in [2.05, 4.69) is 18.7 Å². The number of hydrogen-bond donors (Lipinski definition) is 3. The highest BCUT2D eigenvalue weighted by molar-refractivity contribution is 5.49. The molecule has 0 bridgehead atoms. The van der Waals surface area contributed by atoms with Crippen molar-refractivity contribution in [2.24, 2.45) is 0 Å². The summed E-state index contributed by atoms with van der Waals surface area (Å²) in [6, 6.07) is 7.07. The lowest BCUT2D eigenvalue weighted by molar-refractivity contribution is 0.145. The molecule has 3 N–H and O–H groups in total. The second-order valence-corrected chi connectivity index (χ2v) is 8.84.